The molecule has 1 saturated heterocycles. The van der Waals surface area contributed by atoms with Gasteiger partial charge in [0.05, 0.1) is 29.3 Å². The van der Waals surface area contributed by atoms with E-state index in [2.05, 4.69) is 34.3 Å². The highest BCUT2D eigenvalue weighted by atomic mass is 19.4. The monoisotopic (exact) mass is 639 g/mol. The first-order chi connectivity index (χ1) is 22.6. The normalized spacial score (nSPS) is 17.0. The molecule has 4 aromatic carbocycles. The van der Waals surface area contributed by atoms with Gasteiger partial charge in [0.2, 0.25) is 0 Å². The number of ether oxygens (including phenoxy) is 2. The third-order valence-corrected chi connectivity index (χ3v) is 8.62. The van der Waals surface area contributed by atoms with Crippen molar-refractivity contribution in [2.75, 3.05) is 26.4 Å². The van der Waals surface area contributed by atoms with Gasteiger partial charge in [0.25, 0.3) is 0 Å². The maximum atomic E-state index is 14.0. The number of fused-ring (bicyclic) bond motifs is 1. The molecule has 1 fully saturated rings. The summed E-state index contributed by atoms with van der Waals surface area (Å²) >= 11 is 0. The second-order valence-corrected chi connectivity index (χ2v) is 12.7. The molecule has 1 aliphatic rings. The smallest absolute Gasteiger partial charge is 0.418 e. The number of pyridine rings is 1. The highest BCUT2D eigenvalue weighted by molar-refractivity contribution is 5.98. The van der Waals surface area contributed by atoms with E-state index in [0.717, 1.165) is 60.2 Å². The average Bonchev–Trinajstić information content (AvgIpc) is 3.44. The minimum absolute atomic E-state index is 0.0517. The van der Waals surface area contributed by atoms with Gasteiger partial charge in [-0.05, 0) is 91.8 Å². The van der Waals surface area contributed by atoms with Crippen LogP contribution >= 0.6 is 0 Å². The number of hydrogen-bond donors (Lipinski definition) is 1. The topological polar surface area (TPSA) is 46.6 Å². The van der Waals surface area contributed by atoms with Gasteiger partial charge in [-0.1, -0.05) is 66.7 Å². The molecule has 1 atom stereocenters. The minimum atomic E-state index is -4.51. The van der Waals surface area contributed by atoms with Crippen molar-refractivity contribution in [1.82, 2.24) is 15.2 Å². The average molecular weight is 640 g/mol. The molecule has 0 spiro atoms. The van der Waals surface area contributed by atoms with Crippen LogP contribution in [0.2, 0.25) is 0 Å². The van der Waals surface area contributed by atoms with Gasteiger partial charge in [0.15, 0.2) is 0 Å². The second-order valence-electron chi connectivity index (χ2n) is 12.7. The molecule has 47 heavy (non-hydrogen) atoms. The van der Waals surface area contributed by atoms with Crippen LogP contribution < -0.4 is 14.8 Å². The standard InChI is InChI=1S/C39H40F3N3O2/c1-27(2)47-32-18-16-31(17-19-32)38(3)25-45(26-44-38)20-9-21-46-33-13-7-12-29(23-33)36-30(22-28-10-5-4-6-11-28)24-43-37-34(36)14-8-15-35(37)39(40,41)42/h4-8,10-19,23-24,27,44H,9,20-22,25-26H2,1-3H3. The molecule has 0 bridgehead atoms. The van der Waals surface area contributed by atoms with Crippen LogP contribution in [-0.2, 0) is 18.1 Å². The van der Waals surface area contributed by atoms with Gasteiger partial charge >= 0.3 is 6.18 Å². The van der Waals surface area contributed by atoms with E-state index in [1.807, 2.05) is 80.6 Å². The van der Waals surface area contributed by atoms with Crippen LogP contribution in [0.1, 0.15) is 49.4 Å². The molecule has 1 aromatic heterocycles. The summed E-state index contributed by atoms with van der Waals surface area (Å²) in [5.41, 5.74) is 3.73. The summed E-state index contributed by atoms with van der Waals surface area (Å²) in [6, 6.07) is 30.1. The van der Waals surface area contributed by atoms with Crippen LogP contribution in [0.4, 0.5) is 13.2 Å². The predicted octanol–water partition coefficient (Wildman–Crippen LogP) is 8.85. The molecule has 244 valence electrons. The number of nitrogens with zero attached hydrogens (tertiary/aromatic N) is 2. The molecule has 0 radical (unpaired) electrons. The Labute approximate surface area is 274 Å². The van der Waals surface area contributed by atoms with Crippen molar-refractivity contribution in [1.29, 1.82) is 0 Å². The first kappa shape index (κ1) is 32.5. The number of halogens is 3. The summed E-state index contributed by atoms with van der Waals surface area (Å²) in [4.78, 5) is 6.71. The van der Waals surface area contributed by atoms with Gasteiger partial charge in [-0.3, -0.25) is 15.2 Å². The van der Waals surface area contributed by atoms with E-state index >= 15 is 0 Å². The van der Waals surface area contributed by atoms with E-state index in [9.17, 15) is 13.2 Å². The number of hydrogen-bond acceptors (Lipinski definition) is 5. The number of para-hydroxylation sites is 1. The summed E-state index contributed by atoms with van der Waals surface area (Å²) in [6.07, 6.45) is -1.42. The Hall–Kier alpha value is -4.40. The number of rotatable bonds is 11. The summed E-state index contributed by atoms with van der Waals surface area (Å²) in [5, 5.41) is 4.13. The largest absolute Gasteiger partial charge is 0.494 e. The van der Waals surface area contributed by atoms with E-state index in [4.69, 9.17) is 9.47 Å². The summed E-state index contributed by atoms with van der Waals surface area (Å²) in [6.45, 7) is 9.32. The second kappa shape index (κ2) is 13.8. The van der Waals surface area contributed by atoms with Crippen LogP contribution in [0.15, 0.2) is 103 Å². The molecule has 8 heteroatoms. The summed E-state index contributed by atoms with van der Waals surface area (Å²) < 4.78 is 53.9. The fourth-order valence-electron chi connectivity index (χ4n) is 6.37. The van der Waals surface area contributed by atoms with Crippen molar-refractivity contribution in [3.63, 3.8) is 0 Å². The zero-order valence-corrected chi connectivity index (χ0v) is 27.0. The Kier molecular flexibility index (Phi) is 9.52. The number of alkyl halides is 3. The van der Waals surface area contributed by atoms with Crippen molar-refractivity contribution in [2.24, 2.45) is 0 Å². The summed E-state index contributed by atoms with van der Waals surface area (Å²) in [7, 11) is 0. The molecule has 5 nitrogen and oxygen atoms in total. The highest BCUT2D eigenvalue weighted by Gasteiger charge is 2.35. The van der Waals surface area contributed by atoms with Crippen molar-refractivity contribution in [2.45, 2.75) is 51.4 Å². The lowest BCUT2D eigenvalue weighted by atomic mass is 9.92. The first-order valence-electron chi connectivity index (χ1n) is 16.1. The van der Waals surface area contributed by atoms with E-state index in [0.29, 0.717) is 24.2 Å². The molecule has 1 aliphatic heterocycles. The van der Waals surface area contributed by atoms with Crippen molar-refractivity contribution in [3.05, 3.63) is 126 Å². The van der Waals surface area contributed by atoms with Crippen LogP contribution in [-0.4, -0.2) is 42.4 Å². The molecule has 5 aromatic rings. The van der Waals surface area contributed by atoms with E-state index in [1.54, 1.807) is 12.3 Å². The molecule has 6 rings (SSSR count). The lowest BCUT2D eigenvalue weighted by Gasteiger charge is -2.25. The zero-order chi connectivity index (χ0) is 33.0. The summed E-state index contributed by atoms with van der Waals surface area (Å²) in [5.74, 6) is 1.55. The van der Waals surface area contributed by atoms with E-state index in [1.165, 1.54) is 11.6 Å². The lowest BCUT2D eigenvalue weighted by Crippen LogP contribution is -2.36. The van der Waals surface area contributed by atoms with Crippen molar-refractivity contribution >= 4 is 10.9 Å². The molecule has 2 heterocycles. The van der Waals surface area contributed by atoms with Crippen molar-refractivity contribution < 1.29 is 22.6 Å². The fourth-order valence-corrected chi connectivity index (χ4v) is 6.37. The highest BCUT2D eigenvalue weighted by Crippen LogP contribution is 2.39. The van der Waals surface area contributed by atoms with E-state index < -0.39 is 11.7 Å². The van der Waals surface area contributed by atoms with Gasteiger partial charge in [0, 0.05) is 31.3 Å². The van der Waals surface area contributed by atoms with Crippen LogP contribution in [0.3, 0.4) is 0 Å². The minimum Gasteiger partial charge on any atom is -0.494 e. The Morgan fingerprint density at radius 2 is 1.68 bits per heavy atom. The van der Waals surface area contributed by atoms with Gasteiger partial charge in [-0.25, -0.2) is 0 Å². The van der Waals surface area contributed by atoms with Gasteiger partial charge in [0.1, 0.15) is 11.5 Å². The quantitative estimate of drug-likeness (QED) is 0.146. The van der Waals surface area contributed by atoms with Gasteiger partial charge < -0.3 is 9.47 Å². The first-order valence-corrected chi connectivity index (χ1v) is 16.1. The number of nitrogens with one attached hydrogen (secondary N) is 1. The van der Waals surface area contributed by atoms with Crippen LogP contribution in [0.5, 0.6) is 11.5 Å². The zero-order valence-electron chi connectivity index (χ0n) is 27.0. The van der Waals surface area contributed by atoms with E-state index in [-0.39, 0.29) is 17.2 Å². The lowest BCUT2D eigenvalue weighted by molar-refractivity contribution is -0.136. The molecular weight excluding hydrogens is 599 g/mol. The maximum absolute atomic E-state index is 14.0. The maximum Gasteiger partial charge on any atom is 0.418 e. The predicted molar refractivity (Wildman–Crippen MR) is 181 cm³/mol. The van der Waals surface area contributed by atoms with Crippen molar-refractivity contribution in [3.8, 4) is 22.6 Å². The molecule has 0 saturated carbocycles. The van der Waals surface area contributed by atoms with Crippen LogP contribution in [0.25, 0.3) is 22.0 Å². The molecule has 0 amide bonds. The fraction of sp³-hybridized carbons (Fsp3) is 0.308. The van der Waals surface area contributed by atoms with Gasteiger partial charge in [-0.2, -0.15) is 13.2 Å². The molecule has 1 unspecified atom stereocenters. The Morgan fingerprint density at radius 3 is 2.43 bits per heavy atom. The third-order valence-electron chi connectivity index (χ3n) is 8.62. The number of aromatic nitrogens is 1. The number of benzene rings is 4. The Bertz CT molecular complexity index is 1810. The molecule has 0 aliphatic carbocycles. The third kappa shape index (κ3) is 7.61. The SMILES string of the molecule is CC(C)Oc1ccc(C2(C)CN(CCCOc3cccc(-c4c(Cc5ccccc5)cnc5c(C(F)(F)F)cccc45)c3)CN2)cc1. The Balaban J connectivity index is 1.15. The Morgan fingerprint density at radius 1 is 0.915 bits per heavy atom. The molecular formula is C39H40F3N3O2. The van der Waals surface area contributed by atoms with Gasteiger partial charge in [-0.15, -0.1) is 0 Å². The molecule has 1 N–H and O–H groups in total. The van der Waals surface area contributed by atoms with Crippen LogP contribution in [0, 0.1) is 0 Å².